The molecule has 0 bridgehead atoms. The van der Waals surface area contributed by atoms with Crippen LogP contribution in [0.1, 0.15) is 64.1 Å². The van der Waals surface area contributed by atoms with Gasteiger partial charge < -0.3 is 10.2 Å². The first-order chi connectivity index (χ1) is 18.0. The van der Waals surface area contributed by atoms with E-state index in [9.17, 15) is 9.59 Å². The number of hydrogen-bond acceptors (Lipinski definition) is 5. The highest BCUT2D eigenvalue weighted by atomic mass is 16.2. The van der Waals surface area contributed by atoms with E-state index in [1.54, 1.807) is 10.9 Å². The number of piperazine rings is 1. The summed E-state index contributed by atoms with van der Waals surface area (Å²) in [5, 5.41) is 7.45. The van der Waals surface area contributed by atoms with Crippen LogP contribution in [0.5, 0.6) is 0 Å². The highest BCUT2D eigenvalue weighted by Crippen LogP contribution is 2.25. The van der Waals surface area contributed by atoms with E-state index in [0.717, 1.165) is 75.3 Å². The Morgan fingerprint density at radius 1 is 0.946 bits per heavy atom. The number of carbonyl (C=O) groups excluding carboxylic acids is 1. The van der Waals surface area contributed by atoms with E-state index in [4.69, 9.17) is 0 Å². The van der Waals surface area contributed by atoms with Crippen LogP contribution in [0.25, 0.3) is 5.69 Å². The van der Waals surface area contributed by atoms with Crippen LogP contribution in [0, 0.1) is 0 Å². The summed E-state index contributed by atoms with van der Waals surface area (Å²) >= 11 is 0. The van der Waals surface area contributed by atoms with Crippen molar-refractivity contribution in [2.24, 2.45) is 0 Å². The SMILES string of the molecule is CCCCCNC(=O)C(c1ccccc1)N1CCN(c2ccc(-n3cnn(C(C)CC)c3=O)cc2)CC1. The van der Waals surface area contributed by atoms with Gasteiger partial charge in [0, 0.05) is 38.4 Å². The molecule has 1 aromatic heterocycles. The van der Waals surface area contributed by atoms with Crippen LogP contribution < -0.4 is 15.9 Å². The van der Waals surface area contributed by atoms with Crippen molar-refractivity contribution >= 4 is 11.6 Å². The van der Waals surface area contributed by atoms with E-state index in [1.807, 2.05) is 56.3 Å². The molecular formula is C29H40N6O2. The summed E-state index contributed by atoms with van der Waals surface area (Å²) < 4.78 is 3.13. The second-order valence-corrected chi connectivity index (χ2v) is 9.84. The molecule has 1 saturated heterocycles. The Balaban J connectivity index is 1.41. The predicted octanol–water partition coefficient (Wildman–Crippen LogP) is 4.17. The van der Waals surface area contributed by atoms with Gasteiger partial charge in [-0.15, -0.1) is 0 Å². The molecule has 3 aromatic rings. The molecule has 1 aliphatic heterocycles. The lowest BCUT2D eigenvalue weighted by Crippen LogP contribution is -2.51. The number of hydrogen-bond donors (Lipinski definition) is 1. The number of nitrogens with zero attached hydrogens (tertiary/aromatic N) is 5. The highest BCUT2D eigenvalue weighted by Gasteiger charge is 2.30. The topological polar surface area (TPSA) is 75.4 Å². The first kappa shape index (κ1) is 26.7. The van der Waals surface area contributed by atoms with E-state index < -0.39 is 0 Å². The maximum Gasteiger partial charge on any atom is 0.350 e. The number of carbonyl (C=O) groups is 1. The molecule has 1 fully saturated rings. The molecule has 1 aliphatic rings. The molecule has 1 N–H and O–H groups in total. The zero-order valence-electron chi connectivity index (χ0n) is 22.3. The standard InChI is InChI=1S/C29H40N6O2/c1-4-6-10-17-30-28(36)27(24-11-8-7-9-12-24)33-20-18-32(19-21-33)25-13-15-26(16-14-25)34-22-31-35(29(34)37)23(3)5-2/h7-9,11-16,22-23,27H,4-6,10,17-21H2,1-3H3,(H,30,36). The lowest BCUT2D eigenvalue weighted by molar-refractivity contribution is -0.126. The van der Waals surface area contributed by atoms with Gasteiger partial charge in [-0.05, 0) is 49.6 Å². The molecular weight excluding hydrogens is 464 g/mol. The molecule has 0 spiro atoms. The average Bonchev–Trinajstić information content (AvgIpc) is 3.33. The summed E-state index contributed by atoms with van der Waals surface area (Å²) in [5.41, 5.74) is 2.85. The zero-order chi connectivity index (χ0) is 26.2. The second kappa shape index (κ2) is 12.7. The van der Waals surface area contributed by atoms with Crippen molar-refractivity contribution in [3.63, 3.8) is 0 Å². The summed E-state index contributed by atoms with van der Waals surface area (Å²) in [6.45, 7) is 10.2. The molecule has 37 heavy (non-hydrogen) atoms. The van der Waals surface area contributed by atoms with Crippen molar-refractivity contribution in [3.05, 3.63) is 77.0 Å². The van der Waals surface area contributed by atoms with Gasteiger partial charge in [-0.1, -0.05) is 57.0 Å². The third kappa shape index (κ3) is 6.31. The molecule has 198 valence electrons. The smallest absolute Gasteiger partial charge is 0.350 e. The minimum atomic E-state index is -0.277. The van der Waals surface area contributed by atoms with Crippen LogP contribution in [0.2, 0.25) is 0 Å². The summed E-state index contributed by atoms with van der Waals surface area (Å²) in [6, 6.07) is 18.0. The third-order valence-electron chi connectivity index (χ3n) is 7.32. The fourth-order valence-corrected chi connectivity index (χ4v) is 4.88. The van der Waals surface area contributed by atoms with Crippen molar-refractivity contribution in [1.29, 1.82) is 0 Å². The van der Waals surface area contributed by atoms with Crippen molar-refractivity contribution in [1.82, 2.24) is 24.6 Å². The number of unbranched alkanes of at least 4 members (excludes halogenated alkanes) is 2. The van der Waals surface area contributed by atoms with Crippen LogP contribution in [0.15, 0.2) is 65.7 Å². The first-order valence-corrected chi connectivity index (χ1v) is 13.6. The number of anilines is 1. The Labute approximate surface area is 219 Å². The summed E-state index contributed by atoms with van der Waals surface area (Å²) in [6.07, 6.45) is 5.73. The molecule has 2 atom stereocenters. The maximum atomic E-state index is 13.2. The summed E-state index contributed by atoms with van der Waals surface area (Å²) in [5.74, 6) is 0.0866. The second-order valence-electron chi connectivity index (χ2n) is 9.84. The summed E-state index contributed by atoms with van der Waals surface area (Å²) in [7, 11) is 0. The van der Waals surface area contributed by atoms with Crippen LogP contribution in [-0.4, -0.2) is 57.9 Å². The van der Waals surface area contributed by atoms with Gasteiger partial charge in [0.05, 0.1) is 11.7 Å². The van der Waals surface area contributed by atoms with Gasteiger partial charge in [0.25, 0.3) is 0 Å². The fraction of sp³-hybridized carbons (Fsp3) is 0.483. The molecule has 2 heterocycles. The number of rotatable bonds is 11. The largest absolute Gasteiger partial charge is 0.369 e. The monoisotopic (exact) mass is 504 g/mol. The average molecular weight is 505 g/mol. The Morgan fingerprint density at radius 3 is 2.27 bits per heavy atom. The quantitative estimate of drug-likeness (QED) is 0.397. The number of benzene rings is 2. The maximum absolute atomic E-state index is 13.2. The molecule has 0 radical (unpaired) electrons. The summed E-state index contributed by atoms with van der Waals surface area (Å²) in [4.78, 5) is 30.6. The Bertz CT molecular complexity index is 1180. The lowest BCUT2D eigenvalue weighted by atomic mass is 10.0. The Morgan fingerprint density at radius 2 is 1.62 bits per heavy atom. The normalized spacial score (nSPS) is 15.9. The highest BCUT2D eigenvalue weighted by molar-refractivity contribution is 5.83. The van der Waals surface area contributed by atoms with E-state index >= 15 is 0 Å². The number of aromatic nitrogens is 3. The van der Waals surface area contributed by atoms with Crippen LogP contribution in [-0.2, 0) is 4.79 Å². The molecule has 2 aromatic carbocycles. The Hall–Kier alpha value is -3.39. The number of amides is 1. The van der Waals surface area contributed by atoms with Crippen molar-refractivity contribution < 1.29 is 4.79 Å². The molecule has 0 saturated carbocycles. The third-order valence-corrected chi connectivity index (χ3v) is 7.32. The minimum Gasteiger partial charge on any atom is -0.369 e. The molecule has 2 unspecified atom stereocenters. The molecule has 8 heteroatoms. The molecule has 0 aliphatic carbocycles. The van der Waals surface area contributed by atoms with E-state index in [1.165, 1.54) is 4.68 Å². The van der Waals surface area contributed by atoms with Crippen LogP contribution >= 0.6 is 0 Å². The van der Waals surface area contributed by atoms with Gasteiger partial charge in [0.2, 0.25) is 5.91 Å². The van der Waals surface area contributed by atoms with Crippen molar-refractivity contribution in [3.8, 4) is 5.69 Å². The van der Waals surface area contributed by atoms with Gasteiger partial charge in [0.15, 0.2) is 0 Å². The van der Waals surface area contributed by atoms with Crippen LogP contribution in [0.3, 0.4) is 0 Å². The van der Waals surface area contributed by atoms with Gasteiger partial charge in [-0.2, -0.15) is 5.10 Å². The van der Waals surface area contributed by atoms with Crippen molar-refractivity contribution in [2.45, 2.75) is 58.5 Å². The lowest BCUT2D eigenvalue weighted by Gasteiger charge is -2.39. The van der Waals surface area contributed by atoms with E-state index in [0.29, 0.717) is 0 Å². The number of nitrogens with one attached hydrogen (secondary N) is 1. The molecule has 4 rings (SSSR count). The molecule has 1 amide bonds. The van der Waals surface area contributed by atoms with Gasteiger partial charge in [-0.25, -0.2) is 14.0 Å². The van der Waals surface area contributed by atoms with Crippen LogP contribution in [0.4, 0.5) is 5.69 Å². The van der Waals surface area contributed by atoms with E-state index in [2.05, 4.69) is 39.3 Å². The van der Waals surface area contributed by atoms with Gasteiger partial charge >= 0.3 is 5.69 Å². The zero-order valence-corrected chi connectivity index (χ0v) is 22.3. The molecule has 8 nitrogen and oxygen atoms in total. The Kier molecular flexibility index (Phi) is 9.17. The predicted molar refractivity (Wildman–Crippen MR) is 148 cm³/mol. The fourth-order valence-electron chi connectivity index (χ4n) is 4.88. The van der Waals surface area contributed by atoms with Gasteiger partial charge in [0.1, 0.15) is 12.4 Å². The first-order valence-electron chi connectivity index (χ1n) is 13.6. The minimum absolute atomic E-state index is 0.0717. The van der Waals surface area contributed by atoms with Crippen molar-refractivity contribution in [2.75, 3.05) is 37.6 Å². The van der Waals surface area contributed by atoms with E-state index in [-0.39, 0.29) is 23.7 Å². The van der Waals surface area contributed by atoms with Gasteiger partial charge in [-0.3, -0.25) is 9.69 Å².